The summed E-state index contributed by atoms with van der Waals surface area (Å²) in [5.74, 6) is 5.65. The van der Waals surface area contributed by atoms with Gasteiger partial charge in [-0.05, 0) is 18.7 Å². The van der Waals surface area contributed by atoms with E-state index in [9.17, 15) is 0 Å². The van der Waals surface area contributed by atoms with Crippen LogP contribution in [-0.4, -0.2) is 37.2 Å². The Labute approximate surface area is 111 Å². The average Bonchev–Trinajstić information content (AvgIpc) is 2.77. The molecule has 0 saturated carbocycles. The van der Waals surface area contributed by atoms with Crippen LogP contribution in [0.5, 0.6) is 0 Å². The van der Waals surface area contributed by atoms with Crippen LogP contribution in [0.3, 0.4) is 0 Å². The van der Waals surface area contributed by atoms with E-state index in [0.717, 1.165) is 35.5 Å². The van der Waals surface area contributed by atoms with Gasteiger partial charge in [0.25, 0.3) is 0 Å². The molecule has 0 radical (unpaired) electrons. The number of nitrogens with two attached hydrogens (primary N) is 1. The molecular formula is C11H18ClN3OS. The van der Waals surface area contributed by atoms with Crippen LogP contribution in [-0.2, 0) is 4.74 Å². The normalized spacial score (nSPS) is 23.8. The molecule has 0 spiro atoms. The Morgan fingerprint density at radius 3 is 3.12 bits per heavy atom. The van der Waals surface area contributed by atoms with E-state index in [1.807, 2.05) is 12.1 Å². The number of hydrogen-bond donors (Lipinski definition) is 2. The lowest BCUT2D eigenvalue weighted by atomic mass is 10.1. The number of nitrogens with one attached hydrogen (secondary N) is 1. The first-order valence-electron chi connectivity index (χ1n) is 5.80. The SMILES string of the molecule is CCN1CCOC(C(NN)c2ccc(Cl)s2)C1. The van der Waals surface area contributed by atoms with E-state index < -0.39 is 0 Å². The van der Waals surface area contributed by atoms with E-state index in [1.54, 1.807) is 11.3 Å². The molecule has 1 saturated heterocycles. The molecule has 17 heavy (non-hydrogen) atoms. The fourth-order valence-electron chi connectivity index (χ4n) is 2.09. The first-order chi connectivity index (χ1) is 8.24. The molecule has 1 aliphatic heterocycles. The highest BCUT2D eigenvalue weighted by Crippen LogP contribution is 2.30. The van der Waals surface area contributed by atoms with Gasteiger partial charge in [0.15, 0.2) is 0 Å². The molecule has 3 N–H and O–H groups in total. The molecule has 2 rings (SSSR count). The second kappa shape index (κ2) is 6.13. The Balaban J connectivity index is 2.07. The topological polar surface area (TPSA) is 50.5 Å². The monoisotopic (exact) mass is 275 g/mol. The van der Waals surface area contributed by atoms with Gasteiger partial charge in [0.05, 0.1) is 23.1 Å². The third kappa shape index (κ3) is 3.19. The summed E-state index contributed by atoms with van der Waals surface area (Å²) in [5.41, 5.74) is 2.85. The number of likely N-dealkylation sites (N-methyl/N-ethyl adjacent to an activating group) is 1. The van der Waals surface area contributed by atoms with Crippen LogP contribution in [0.15, 0.2) is 12.1 Å². The molecule has 1 aliphatic rings. The van der Waals surface area contributed by atoms with Crippen molar-refractivity contribution in [3.05, 3.63) is 21.3 Å². The number of hydrogen-bond acceptors (Lipinski definition) is 5. The molecule has 0 bridgehead atoms. The number of hydrazine groups is 1. The zero-order valence-corrected chi connectivity index (χ0v) is 11.4. The highest BCUT2D eigenvalue weighted by molar-refractivity contribution is 7.16. The molecule has 4 nitrogen and oxygen atoms in total. The van der Waals surface area contributed by atoms with Crippen molar-refractivity contribution >= 4 is 22.9 Å². The zero-order valence-electron chi connectivity index (χ0n) is 9.86. The van der Waals surface area contributed by atoms with E-state index in [-0.39, 0.29) is 12.1 Å². The summed E-state index contributed by atoms with van der Waals surface area (Å²) in [4.78, 5) is 3.49. The largest absolute Gasteiger partial charge is 0.373 e. The minimum Gasteiger partial charge on any atom is -0.373 e. The minimum absolute atomic E-state index is 0.0156. The standard InChI is InChI=1S/C11H18ClN3OS/c1-2-15-5-6-16-8(7-15)11(14-13)9-3-4-10(12)17-9/h3-4,8,11,14H,2,5-7,13H2,1H3. The van der Waals surface area contributed by atoms with Crippen LogP contribution >= 0.6 is 22.9 Å². The van der Waals surface area contributed by atoms with Crippen LogP contribution in [0, 0.1) is 0 Å². The van der Waals surface area contributed by atoms with Crippen molar-refractivity contribution < 1.29 is 4.74 Å². The molecule has 2 heterocycles. The smallest absolute Gasteiger partial charge is 0.0931 e. The summed E-state index contributed by atoms with van der Waals surface area (Å²) in [6.45, 7) is 5.86. The van der Waals surface area contributed by atoms with E-state index in [1.165, 1.54) is 0 Å². The number of morpholine rings is 1. The summed E-state index contributed by atoms with van der Waals surface area (Å²) in [5, 5.41) is 0. The van der Waals surface area contributed by atoms with E-state index in [2.05, 4.69) is 17.2 Å². The zero-order chi connectivity index (χ0) is 12.3. The lowest BCUT2D eigenvalue weighted by Gasteiger charge is -2.35. The van der Waals surface area contributed by atoms with Gasteiger partial charge < -0.3 is 4.74 Å². The van der Waals surface area contributed by atoms with Crippen molar-refractivity contribution in [2.45, 2.75) is 19.1 Å². The molecule has 1 aromatic heterocycles. The lowest BCUT2D eigenvalue weighted by molar-refractivity contribution is -0.0450. The van der Waals surface area contributed by atoms with Gasteiger partial charge in [0.1, 0.15) is 0 Å². The fraction of sp³-hybridized carbons (Fsp3) is 0.636. The fourth-order valence-corrected chi connectivity index (χ4v) is 3.26. The first-order valence-corrected chi connectivity index (χ1v) is 6.99. The van der Waals surface area contributed by atoms with Gasteiger partial charge in [-0.3, -0.25) is 10.7 Å². The molecule has 1 fully saturated rings. The second-order valence-corrected chi connectivity index (χ2v) is 5.84. The quantitative estimate of drug-likeness (QED) is 0.648. The van der Waals surface area contributed by atoms with E-state index in [0.29, 0.717) is 0 Å². The Kier molecular flexibility index (Phi) is 4.78. The van der Waals surface area contributed by atoms with Crippen molar-refractivity contribution in [2.75, 3.05) is 26.2 Å². The molecule has 0 amide bonds. The Hall–Kier alpha value is -0.170. The van der Waals surface area contributed by atoms with Crippen molar-refractivity contribution in [1.82, 2.24) is 10.3 Å². The lowest BCUT2D eigenvalue weighted by Crippen LogP contribution is -2.49. The number of ether oxygens (including phenoxy) is 1. The highest BCUT2D eigenvalue weighted by Gasteiger charge is 2.28. The second-order valence-electron chi connectivity index (χ2n) is 4.09. The molecule has 6 heteroatoms. The number of rotatable bonds is 4. The molecule has 0 aliphatic carbocycles. The van der Waals surface area contributed by atoms with Crippen LogP contribution < -0.4 is 11.3 Å². The van der Waals surface area contributed by atoms with Crippen LogP contribution in [0.2, 0.25) is 4.34 Å². The van der Waals surface area contributed by atoms with E-state index >= 15 is 0 Å². The Morgan fingerprint density at radius 2 is 2.53 bits per heavy atom. The van der Waals surface area contributed by atoms with Crippen molar-refractivity contribution in [3.63, 3.8) is 0 Å². The molecule has 2 unspecified atom stereocenters. The highest BCUT2D eigenvalue weighted by atomic mass is 35.5. The van der Waals surface area contributed by atoms with Gasteiger partial charge in [0.2, 0.25) is 0 Å². The number of halogens is 1. The van der Waals surface area contributed by atoms with E-state index in [4.69, 9.17) is 22.2 Å². The third-order valence-electron chi connectivity index (χ3n) is 3.08. The average molecular weight is 276 g/mol. The van der Waals surface area contributed by atoms with Gasteiger partial charge >= 0.3 is 0 Å². The van der Waals surface area contributed by atoms with Gasteiger partial charge in [0, 0.05) is 18.0 Å². The molecule has 2 atom stereocenters. The number of nitrogens with zero attached hydrogens (tertiary/aromatic N) is 1. The Bertz CT molecular complexity index is 360. The van der Waals surface area contributed by atoms with Crippen LogP contribution in [0.1, 0.15) is 17.8 Å². The van der Waals surface area contributed by atoms with Gasteiger partial charge in [-0.1, -0.05) is 18.5 Å². The third-order valence-corrected chi connectivity index (χ3v) is 4.39. The predicted molar refractivity (Wildman–Crippen MR) is 71.2 cm³/mol. The predicted octanol–water partition coefficient (Wildman–Crippen LogP) is 1.63. The summed E-state index contributed by atoms with van der Waals surface area (Å²) in [6, 6.07) is 3.92. The van der Waals surface area contributed by atoms with Gasteiger partial charge in [-0.25, -0.2) is 5.43 Å². The molecule has 1 aromatic rings. The first kappa shape index (κ1) is 13.3. The van der Waals surface area contributed by atoms with Gasteiger partial charge in [-0.2, -0.15) is 0 Å². The summed E-state index contributed by atoms with van der Waals surface area (Å²) in [6.07, 6.45) is 0.0865. The maximum atomic E-state index is 5.96. The van der Waals surface area contributed by atoms with Crippen molar-refractivity contribution in [3.8, 4) is 0 Å². The number of thiophene rings is 1. The summed E-state index contributed by atoms with van der Waals surface area (Å²) >= 11 is 7.50. The Morgan fingerprint density at radius 1 is 1.71 bits per heavy atom. The van der Waals surface area contributed by atoms with Crippen molar-refractivity contribution in [2.24, 2.45) is 5.84 Å². The maximum Gasteiger partial charge on any atom is 0.0931 e. The van der Waals surface area contributed by atoms with Crippen LogP contribution in [0.4, 0.5) is 0 Å². The molecule has 0 aromatic carbocycles. The molecular weight excluding hydrogens is 258 g/mol. The minimum atomic E-state index is 0.0156. The summed E-state index contributed by atoms with van der Waals surface area (Å²) < 4.78 is 6.59. The van der Waals surface area contributed by atoms with Crippen LogP contribution in [0.25, 0.3) is 0 Å². The van der Waals surface area contributed by atoms with Gasteiger partial charge in [-0.15, -0.1) is 11.3 Å². The maximum absolute atomic E-state index is 5.96. The summed E-state index contributed by atoms with van der Waals surface area (Å²) in [7, 11) is 0. The molecule has 96 valence electrons. The van der Waals surface area contributed by atoms with Crippen molar-refractivity contribution in [1.29, 1.82) is 0 Å².